The molecular weight excluding hydrogens is 400 g/mol. The topological polar surface area (TPSA) is 49.9 Å². The summed E-state index contributed by atoms with van der Waals surface area (Å²) in [5.74, 6) is 0.0845. The van der Waals surface area contributed by atoms with Crippen LogP contribution in [0.2, 0.25) is 0 Å². The van der Waals surface area contributed by atoms with Crippen LogP contribution in [0.15, 0.2) is 48.5 Å². The van der Waals surface area contributed by atoms with Crippen molar-refractivity contribution in [3.8, 4) is 5.75 Å². The Hall–Kier alpha value is -2.66. The van der Waals surface area contributed by atoms with Crippen LogP contribution in [0.3, 0.4) is 0 Å². The van der Waals surface area contributed by atoms with Gasteiger partial charge >= 0.3 is 5.97 Å². The Morgan fingerprint density at radius 3 is 2.31 bits per heavy atom. The number of carbonyl (C=O) groups excluding carboxylic acids is 2. The van der Waals surface area contributed by atoms with Gasteiger partial charge in [-0.2, -0.15) is 0 Å². The largest absolute Gasteiger partial charge is 0.426 e. The third kappa shape index (κ3) is 4.88. The predicted molar refractivity (Wildman–Crippen MR) is 126 cm³/mol. The zero-order chi connectivity index (χ0) is 22.7. The molecule has 2 aromatic carbocycles. The molecule has 5 nitrogen and oxygen atoms in total. The minimum Gasteiger partial charge on any atom is -0.426 e. The molecular formula is C27H34N2O3. The van der Waals surface area contributed by atoms with Crippen LogP contribution in [0, 0.1) is 0 Å². The molecule has 2 aromatic rings. The van der Waals surface area contributed by atoms with Gasteiger partial charge < -0.3 is 9.64 Å². The van der Waals surface area contributed by atoms with Crippen LogP contribution in [0.25, 0.3) is 0 Å². The molecule has 0 bridgehead atoms. The lowest BCUT2D eigenvalue weighted by Gasteiger charge is -2.38. The van der Waals surface area contributed by atoms with Gasteiger partial charge in [-0.05, 0) is 68.9 Å². The SMILES string of the molecule is CC(C(=O)N1CCN(C(C)C)CC1)c1ccc(OC(=O)C2CCCc3ccccc32)cc1. The van der Waals surface area contributed by atoms with E-state index in [9.17, 15) is 9.59 Å². The molecule has 0 saturated carbocycles. The summed E-state index contributed by atoms with van der Waals surface area (Å²) >= 11 is 0. The molecule has 2 atom stereocenters. The molecule has 0 aromatic heterocycles. The lowest BCUT2D eigenvalue weighted by Crippen LogP contribution is -2.51. The quantitative estimate of drug-likeness (QED) is 0.518. The zero-order valence-electron chi connectivity index (χ0n) is 19.4. The molecule has 1 saturated heterocycles. The lowest BCUT2D eigenvalue weighted by molar-refractivity contribution is -0.136. The number of hydrogen-bond donors (Lipinski definition) is 0. The van der Waals surface area contributed by atoms with Crippen molar-refractivity contribution in [2.45, 2.75) is 57.9 Å². The number of fused-ring (bicyclic) bond motifs is 1. The number of nitrogens with zero attached hydrogens (tertiary/aromatic N) is 2. The Morgan fingerprint density at radius 1 is 0.938 bits per heavy atom. The number of esters is 1. The van der Waals surface area contributed by atoms with Crippen LogP contribution >= 0.6 is 0 Å². The van der Waals surface area contributed by atoms with Crippen molar-refractivity contribution in [2.24, 2.45) is 0 Å². The van der Waals surface area contributed by atoms with E-state index in [2.05, 4.69) is 24.8 Å². The summed E-state index contributed by atoms with van der Waals surface area (Å²) in [4.78, 5) is 30.2. The Kier molecular flexibility index (Phi) is 6.95. The first-order valence-electron chi connectivity index (χ1n) is 11.9. The number of piperazine rings is 1. The van der Waals surface area contributed by atoms with Crippen LogP contribution in [0.1, 0.15) is 62.1 Å². The van der Waals surface area contributed by atoms with Crippen LogP contribution in [-0.2, 0) is 16.0 Å². The van der Waals surface area contributed by atoms with Gasteiger partial charge in [0.05, 0.1) is 11.8 Å². The number of hydrogen-bond acceptors (Lipinski definition) is 4. The Balaban J connectivity index is 1.36. The van der Waals surface area contributed by atoms with Crippen molar-refractivity contribution in [3.05, 3.63) is 65.2 Å². The van der Waals surface area contributed by atoms with E-state index in [1.54, 1.807) is 0 Å². The summed E-state index contributed by atoms with van der Waals surface area (Å²) in [6.45, 7) is 9.75. The maximum atomic E-state index is 13.0. The van der Waals surface area contributed by atoms with Crippen LogP contribution < -0.4 is 4.74 Å². The number of benzene rings is 2. The highest BCUT2D eigenvalue weighted by atomic mass is 16.5. The number of carbonyl (C=O) groups is 2. The summed E-state index contributed by atoms with van der Waals surface area (Å²) in [7, 11) is 0. The molecule has 170 valence electrons. The first-order chi connectivity index (χ1) is 15.4. The van der Waals surface area contributed by atoms with E-state index in [1.165, 1.54) is 5.56 Å². The molecule has 2 aliphatic rings. The van der Waals surface area contributed by atoms with Crippen molar-refractivity contribution in [1.29, 1.82) is 0 Å². The lowest BCUT2D eigenvalue weighted by atomic mass is 9.83. The van der Waals surface area contributed by atoms with E-state index in [1.807, 2.05) is 54.3 Å². The highest BCUT2D eigenvalue weighted by Crippen LogP contribution is 2.33. The van der Waals surface area contributed by atoms with Gasteiger partial charge in [-0.1, -0.05) is 36.4 Å². The highest BCUT2D eigenvalue weighted by molar-refractivity contribution is 5.84. The van der Waals surface area contributed by atoms with Gasteiger partial charge in [0.15, 0.2) is 0 Å². The van der Waals surface area contributed by atoms with Crippen LogP contribution in [0.4, 0.5) is 0 Å². The Labute approximate surface area is 191 Å². The first-order valence-corrected chi connectivity index (χ1v) is 11.9. The normalized spacial score (nSPS) is 20.0. The molecule has 32 heavy (non-hydrogen) atoms. The van der Waals surface area contributed by atoms with E-state index >= 15 is 0 Å². The molecule has 2 unspecified atom stereocenters. The van der Waals surface area contributed by atoms with Crippen molar-refractivity contribution >= 4 is 11.9 Å². The number of aryl methyl sites for hydroxylation is 1. The van der Waals surface area contributed by atoms with Gasteiger partial charge in [-0.3, -0.25) is 14.5 Å². The maximum absolute atomic E-state index is 13.0. The van der Waals surface area contributed by atoms with Gasteiger partial charge in [0.1, 0.15) is 5.75 Å². The average molecular weight is 435 g/mol. The smallest absolute Gasteiger partial charge is 0.318 e. The van der Waals surface area contributed by atoms with Gasteiger partial charge in [0.2, 0.25) is 5.91 Å². The Bertz CT molecular complexity index is 946. The first kappa shape index (κ1) is 22.5. The molecule has 0 spiro atoms. The molecule has 0 N–H and O–H groups in total. The second-order valence-corrected chi connectivity index (χ2v) is 9.31. The summed E-state index contributed by atoms with van der Waals surface area (Å²) in [5, 5.41) is 0. The maximum Gasteiger partial charge on any atom is 0.318 e. The Morgan fingerprint density at radius 2 is 1.62 bits per heavy atom. The number of ether oxygens (including phenoxy) is 1. The van der Waals surface area contributed by atoms with Gasteiger partial charge in [-0.15, -0.1) is 0 Å². The predicted octanol–water partition coefficient (Wildman–Crippen LogP) is 4.37. The summed E-state index contributed by atoms with van der Waals surface area (Å²) in [5.41, 5.74) is 3.29. The van der Waals surface area contributed by atoms with Gasteiger partial charge in [0, 0.05) is 32.2 Å². The standard InChI is InChI=1S/C27H34N2O3/c1-19(2)28-15-17-29(18-16-28)26(30)20(3)21-11-13-23(14-12-21)32-27(31)25-10-6-8-22-7-4-5-9-24(22)25/h4-5,7,9,11-14,19-20,25H,6,8,10,15-18H2,1-3H3. The van der Waals surface area contributed by atoms with E-state index in [0.29, 0.717) is 11.8 Å². The van der Waals surface area contributed by atoms with Crippen molar-refractivity contribution in [2.75, 3.05) is 26.2 Å². The summed E-state index contributed by atoms with van der Waals surface area (Å²) in [6.07, 6.45) is 2.84. The van der Waals surface area contributed by atoms with Crippen LogP contribution in [0.5, 0.6) is 5.75 Å². The molecule has 4 rings (SSSR count). The van der Waals surface area contributed by atoms with E-state index in [0.717, 1.165) is 56.6 Å². The number of amides is 1. The molecule has 1 amide bonds. The molecule has 0 radical (unpaired) electrons. The second kappa shape index (κ2) is 9.86. The minimum absolute atomic E-state index is 0.164. The summed E-state index contributed by atoms with van der Waals surface area (Å²) in [6, 6.07) is 16.1. The number of rotatable bonds is 5. The molecule has 1 heterocycles. The molecule has 1 aliphatic heterocycles. The monoisotopic (exact) mass is 434 g/mol. The fraction of sp³-hybridized carbons (Fsp3) is 0.481. The average Bonchev–Trinajstić information content (AvgIpc) is 2.83. The minimum atomic E-state index is -0.212. The fourth-order valence-electron chi connectivity index (χ4n) is 4.89. The second-order valence-electron chi connectivity index (χ2n) is 9.31. The van der Waals surface area contributed by atoms with Gasteiger partial charge in [-0.25, -0.2) is 0 Å². The molecule has 1 aliphatic carbocycles. The summed E-state index contributed by atoms with van der Waals surface area (Å²) < 4.78 is 5.72. The van der Waals surface area contributed by atoms with Crippen molar-refractivity contribution < 1.29 is 14.3 Å². The zero-order valence-corrected chi connectivity index (χ0v) is 19.4. The highest BCUT2D eigenvalue weighted by Gasteiger charge is 2.29. The van der Waals surface area contributed by atoms with E-state index in [-0.39, 0.29) is 23.7 Å². The third-order valence-corrected chi connectivity index (χ3v) is 6.98. The molecule has 1 fully saturated rings. The van der Waals surface area contributed by atoms with Crippen molar-refractivity contribution in [3.63, 3.8) is 0 Å². The van der Waals surface area contributed by atoms with E-state index in [4.69, 9.17) is 4.74 Å². The van der Waals surface area contributed by atoms with Gasteiger partial charge in [0.25, 0.3) is 0 Å². The third-order valence-electron chi connectivity index (χ3n) is 6.98. The molecule has 5 heteroatoms. The van der Waals surface area contributed by atoms with Crippen molar-refractivity contribution in [1.82, 2.24) is 9.80 Å². The fourth-order valence-corrected chi connectivity index (χ4v) is 4.89. The van der Waals surface area contributed by atoms with E-state index < -0.39 is 0 Å². The van der Waals surface area contributed by atoms with Crippen LogP contribution in [-0.4, -0.2) is 53.9 Å².